The van der Waals surface area contributed by atoms with Gasteiger partial charge >= 0.3 is 0 Å². The number of aromatic nitrogens is 1. The number of anilines is 1. The Kier molecular flexibility index (Phi) is 6.30. The molecule has 0 aliphatic rings. The maximum Gasteiger partial charge on any atom is 0.255 e. The first-order chi connectivity index (χ1) is 16.1. The van der Waals surface area contributed by atoms with Gasteiger partial charge in [-0.1, -0.05) is 17.7 Å². The second-order valence-electron chi connectivity index (χ2n) is 7.75. The molecule has 0 aliphatic heterocycles. The van der Waals surface area contributed by atoms with Crippen molar-refractivity contribution in [2.45, 2.75) is 24.5 Å². The Morgan fingerprint density at radius 2 is 1.65 bits per heavy atom. The van der Waals surface area contributed by atoms with E-state index in [-0.39, 0.29) is 27.8 Å². The largest absolute Gasteiger partial charge is 0.441 e. The molecule has 0 bridgehead atoms. The van der Waals surface area contributed by atoms with Crippen LogP contribution in [0.25, 0.3) is 11.5 Å². The average Bonchev–Trinajstić information content (AvgIpc) is 3.16. The molecule has 174 valence electrons. The Labute approximate surface area is 195 Å². The summed E-state index contributed by atoms with van der Waals surface area (Å²) in [6.07, 6.45) is 0. The first-order valence-corrected chi connectivity index (χ1v) is 11.9. The number of hydrogen-bond donors (Lipinski definition) is 1. The molecule has 0 spiro atoms. The van der Waals surface area contributed by atoms with Crippen molar-refractivity contribution in [3.05, 3.63) is 101 Å². The molecule has 0 radical (unpaired) electrons. The van der Waals surface area contributed by atoms with Crippen LogP contribution in [0.5, 0.6) is 0 Å². The first kappa shape index (κ1) is 23.3. The number of nitrogens with zero attached hydrogens (tertiary/aromatic N) is 1. The monoisotopic (exact) mass is 482 g/mol. The van der Waals surface area contributed by atoms with Crippen molar-refractivity contribution in [2.24, 2.45) is 0 Å². The zero-order valence-corrected chi connectivity index (χ0v) is 19.1. The minimum Gasteiger partial charge on any atom is -0.441 e. The molecule has 0 atom stereocenters. The molecule has 9 heteroatoms. The molecule has 34 heavy (non-hydrogen) atoms. The van der Waals surface area contributed by atoms with Gasteiger partial charge in [0, 0.05) is 17.2 Å². The Morgan fingerprint density at radius 3 is 2.32 bits per heavy atom. The molecule has 4 rings (SSSR count). The number of carbonyl (C=O) groups is 1. The molecule has 1 amide bonds. The molecule has 4 aromatic rings. The van der Waals surface area contributed by atoms with Crippen molar-refractivity contribution in [3.63, 3.8) is 0 Å². The summed E-state index contributed by atoms with van der Waals surface area (Å²) in [7, 11) is -3.61. The number of oxazole rings is 1. The second-order valence-corrected chi connectivity index (χ2v) is 9.74. The summed E-state index contributed by atoms with van der Waals surface area (Å²) in [4.78, 5) is 16.9. The fraction of sp³-hybridized carbons (Fsp3) is 0.120. The maximum absolute atomic E-state index is 13.8. The van der Waals surface area contributed by atoms with E-state index >= 15 is 0 Å². The van der Waals surface area contributed by atoms with E-state index in [1.165, 1.54) is 12.1 Å². The number of carbonyl (C=O) groups excluding carboxylic acids is 1. The predicted octanol–water partition coefficient (Wildman–Crippen LogP) is 5.46. The van der Waals surface area contributed by atoms with E-state index in [0.717, 1.165) is 23.8 Å². The smallest absolute Gasteiger partial charge is 0.255 e. The van der Waals surface area contributed by atoms with Gasteiger partial charge in [0.2, 0.25) is 5.89 Å². The summed E-state index contributed by atoms with van der Waals surface area (Å²) >= 11 is 0. The summed E-state index contributed by atoms with van der Waals surface area (Å²) in [6, 6.07) is 15.4. The lowest BCUT2D eigenvalue weighted by atomic mass is 10.1. The normalized spacial score (nSPS) is 11.4. The molecule has 6 nitrogen and oxygen atoms in total. The van der Waals surface area contributed by atoms with Crippen molar-refractivity contribution in [3.8, 4) is 11.5 Å². The lowest BCUT2D eigenvalue weighted by molar-refractivity contribution is 0.102. The van der Waals surface area contributed by atoms with Crippen LogP contribution in [-0.4, -0.2) is 19.3 Å². The molecule has 0 aliphatic carbocycles. The van der Waals surface area contributed by atoms with Gasteiger partial charge in [-0.2, -0.15) is 0 Å². The third-order valence-electron chi connectivity index (χ3n) is 5.17. The van der Waals surface area contributed by atoms with E-state index in [1.807, 2.05) is 6.92 Å². The number of benzene rings is 3. The molecule has 3 aromatic carbocycles. The summed E-state index contributed by atoms with van der Waals surface area (Å²) < 4.78 is 58.2. The van der Waals surface area contributed by atoms with Crippen LogP contribution < -0.4 is 5.32 Å². The molecule has 1 heterocycles. The highest BCUT2D eigenvalue weighted by Gasteiger charge is 2.21. The summed E-state index contributed by atoms with van der Waals surface area (Å²) in [5, 5.41) is 2.32. The van der Waals surface area contributed by atoms with Gasteiger partial charge in [-0.25, -0.2) is 22.2 Å². The molecule has 0 saturated carbocycles. The van der Waals surface area contributed by atoms with E-state index in [0.29, 0.717) is 17.0 Å². The van der Waals surface area contributed by atoms with Gasteiger partial charge < -0.3 is 9.73 Å². The van der Waals surface area contributed by atoms with Gasteiger partial charge in [-0.05, 0) is 62.4 Å². The Hall–Kier alpha value is -3.85. The van der Waals surface area contributed by atoms with E-state index in [2.05, 4.69) is 10.3 Å². The highest BCUT2D eigenvalue weighted by atomic mass is 32.2. The SMILES string of the molecule is Cc1ccc(S(=O)(=O)Cc2nc(-c3ccc(C(=O)Nc4cc(F)ccc4F)cc3)oc2C)cc1. The van der Waals surface area contributed by atoms with Gasteiger partial charge in [0.05, 0.1) is 16.3 Å². The summed E-state index contributed by atoms with van der Waals surface area (Å²) in [5.74, 6) is -1.79. The van der Waals surface area contributed by atoms with E-state index in [9.17, 15) is 22.0 Å². The van der Waals surface area contributed by atoms with Crippen LogP contribution in [0.2, 0.25) is 0 Å². The molecule has 1 N–H and O–H groups in total. The third kappa shape index (κ3) is 5.04. The van der Waals surface area contributed by atoms with Crippen molar-refractivity contribution in [1.29, 1.82) is 0 Å². The van der Waals surface area contributed by atoms with Gasteiger partial charge in [-0.15, -0.1) is 0 Å². The van der Waals surface area contributed by atoms with Gasteiger partial charge in [0.15, 0.2) is 9.84 Å². The second kappa shape index (κ2) is 9.18. The molecular weight excluding hydrogens is 462 g/mol. The summed E-state index contributed by atoms with van der Waals surface area (Å²) in [6.45, 7) is 3.50. The van der Waals surface area contributed by atoms with Gasteiger partial charge in [0.25, 0.3) is 5.91 Å². The minimum absolute atomic E-state index is 0.201. The lowest BCUT2D eigenvalue weighted by Gasteiger charge is -2.07. The Morgan fingerprint density at radius 1 is 0.971 bits per heavy atom. The standard InChI is InChI=1S/C25H20F2N2O4S/c1-15-3-10-20(11-4-15)34(31,32)14-23-16(2)33-25(29-23)18-7-5-17(6-8-18)24(30)28-22-13-19(26)9-12-21(22)27/h3-13H,14H2,1-2H3,(H,28,30). The molecule has 0 fully saturated rings. The number of nitrogens with one attached hydrogen (secondary N) is 1. The average molecular weight is 483 g/mol. The topological polar surface area (TPSA) is 89.3 Å². The van der Waals surface area contributed by atoms with E-state index < -0.39 is 27.4 Å². The molecular formula is C25H20F2N2O4S. The van der Waals surface area contributed by atoms with Gasteiger partial charge in [-0.3, -0.25) is 4.79 Å². The Bertz CT molecular complexity index is 1460. The number of halogens is 2. The molecule has 0 saturated heterocycles. The maximum atomic E-state index is 13.8. The number of hydrogen-bond acceptors (Lipinski definition) is 5. The molecule has 0 unspecified atom stereocenters. The van der Waals surface area contributed by atoms with Crippen molar-refractivity contribution < 1.29 is 26.4 Å². The number of sulfone groups is 1. The van der Waals surface area contributed by atoms with Crippen LogP contribution in [-0.2, 0) is 15.6 Å². The minimum atomic E-state index is -3.61. The summed E-state index contributed by atoms with van der Waals surface area (Å²) in [5.41, 5.74) is 1.71. The molecule has 1 aromatic heterocycles. The number of rotatable bonds is 6. The quantitative estimate of drug-likeness (QED) is 0.394. The van der Waals surface area contributed by atoms with Gasteiger partial charge in [0.1, 0.15) is 23.1 Å². The Balaban J connectivity index is 1.51. The van der Waals surface area contributed by atoms with Crippen LogP contribution in [0.4, 0.5) is 14.5 Å². The lowest BCUT2D eigenvalue weighted by Crippen LogP contribution is -2.13. The highest BCUT2D eigenvalue weighted by molar-refractivity contribution is 7.90. The van der Waals surface area contributed by atoms with Crippen molar-refractivity contribution in [2.75, 3.05) is 5.32 Å². The number of aryl methyl sites for hydroxylation is 2. The van der Waals surface area contributed by atoms with Crippen LogP contribution in [0.15, 0.2) is 76.0 Å². The fourth-order valence-electron chi connectivity index (χ4n) is 3.25. The fourth-order valence-corrected chi connectivity index (χ4v) is 4.59. The zero-order chi connectivity index (χ0) is 24.5. The van der Waals surface area contributed by atoms with E-state index in [4.69, 9.17) is 4.42 Å². The van der Waals surface area contributed by atoms with Crippen molar-refractivity contribution >= 4 is 21.4 Å². The first-order valence-electron chi connectivity index (χ1n) is 10.2. The van der Waals surface area contributed by atoms with Crippen LogP contribution >= 0.6 is 0 Å². The highest BCUT2D eigenvalue weighted by Crippen LogP contribution is 2.26. The predicted molar refractivity (Wildman–Crippen MR) is 123 cm³/mol. The van der Waals surface area contributed by atoms with Crippen LogP contribution in [0.3, 0.4) is 0 Å². The third-order valence-corrected chi connectivity index (χ3v) is 6.81. The van der Waals surface area contributed by atoms with Crippen LogP contribution in [0, 0.1) is 25.5 Å². The van der Waals surface area contributed by atoms with Crippen molar-refractivity contribution in [1.82, 2.24) is 4.98 Å². The zero-order valence-electron chi connectivity index (χ0n) is 18.3. The number of amides is 1. The van der Waals surface area contributed by atoms with Crippen LogP contribution in [0.1, 0.15) is 27.4 Å². The van der Waals surface area contributed by atoms with E-state index in [1.54, 1.807) is 43.3 Å².